The predicted octanol–water partition coefficient (Wildman–Crippen LogP) is 3.25. The summed E-state index contributed by atoms with van der Waals surface area (Å²) < 4.78 is 74.6. The van der Waals surface area contributed by atoms with Crippen LogP contribution in [-0.2, 0) is 10.0 Å². The first-order valence-corrected chi connectivity index (χ1v) is 11.1. The number of furan rings is 1. The summed E-state index contributed by atoms with van der Waals surface area (Å²) in [6.07, 6.45) is -1.94. The molecule has 2 heterocycles. The van der Waals surface area contributed by atoms with E-state index in [1.54, 1.807) is 12.3 Å². The number of benzene rings is 1. The van der Waals surface area contributed by atoms with Crippen LogP contribution in [0, 0.1) is 0 Å². The minimum atomic E-state index is -4.99. The lowest BCUT2D eigenvalue weighted by atomic mass is 10.1. The van der Waals surface area contributed by atoms with Crippen LogP contribution in [0.5, 0.6) is 5.75 Å². The molecule has 1 aliphatic rings. The first kappa shape index (κ1) is 21.0. The number of hydrogen-bond acceptors (Lipinski definition) is 6. The summed E-state index contributed by atoms with van der Waals surface area (Å²) in [4.78, 5) is 1.56. The minimum Gasteiger partial charge on any atom is -0.472 e. The average Bonchev–Trinajstić information content (AvgIpc) is 3.16. The standard InChI is InChI=1S/C17H19F3N2O4S2/c18-17(19,20)26-15-3-1-2-4-16(15)28(23,24)21-11-14(13-5-8-25-12-13)22-6-9-27-10-7-22/h1-5,8,12,14,21H,6-7,9-11H2/t14-/m1/s1. The number of thioether (sulfide) groups is 1. The van der Waals surface area contributed by atoms with Crippen molar-refractivity contribution in [1.29, 1.82) is 0 Å². The van der Waals surface area contributed by atoms with E-state index in [1.165, 1.54) is 18.4 Å². The van der Waals surface area contributed by atoms with Gasteiger partial charge >= 0.3 is 6.36 Å². The number of halogens is 3. The van der Waals surface area contributed by atoms with Gasteiger partial charge in [0.15, 0.2) is 0 Å². The smallest absolute Gasteiger partial charge is 0.472 e. The van der Waals surface area contributed by atoms with Crippen molar-refractivity contribution >= 4 is 21.8 Å². The highest BCUT2D eigenvalue weighted by Crippen LogP contribution is 2.30. The molecule has 1 fully saturated rings. The summed E-state index contributed by atoms with van der Waals surface area (Å²) in [5, 5.41) is 0. The number of para-hydroxylation sites is 1. The molecule has 154 valence electrons. The molecule has 2 aromatic rings. The predicted molar refractivity (Wildman–Crippen MR) is 98.7 cm³/mol. The molecular weight excluding hydrogens is 417 g/mol. The van der Waals surface area contributed by atoms with E-state index in [4.69, 9.17) is 4.42 Å². The molecule has 0 radical (unpaired) electrons. The highest BCUT2D eigenvalue weighted by atomic mass is 32.2. The van der Waals surface area contributed by atoms with E-state index in [0.29, 0.717) is 0 Å². The second kappa shape index (κ2) is 8.76. The minimum absolute atomic E-state index is 0.00706. The van der Waals surface area contributed by atoms with Crippen LogP contribution >= 0.6 is 11.8 Å². The third-order valence-electron chi connectivity index (χ3n) is 4.25. The van der Waals surface area contributed by atoms with Gasteiger partial charge in [0.2, 0.25) is 10.0 Å². The molecule has 0 spiro atoms. The Hall–Kier alpha value is -1.69. The van der Waals surface area contributed by atoms with Crippen LogP contribution < -0.4 is 9.46 Å². The molecule has 3 rings (SSSR count). The van der Waals surface area contributed by atoms with Crippen molar-refractivity contribution in [1.82, 2.24) is 9.62 Å². The van der Waals surface area contributed by atoms with E-state index in [-0.39, 0.29) is 12.6 Å². The van der Waals surface area contributed by atoms with Gasteiger partial charge in [0, 0.05) is 36.7 Å². The molecule has 28 heavy (non-hydrogen) atoms. The van der Waals surface area contributed by atoms with E-state index < -0.39 is 27.0 Å². The topological polar surface area (TPSA) is 71.8 Å². The van der Waals surface area contributed by atoms with Crippen LogP contribution in [-0.4, -0.2) is 50.8 Å². The maximum Gasteiger partial charge on any atom is 0.573 e. The van der Waals surface area contributed by atoms with Gasteiger partial charge in [-0.2, -0.15) is 11.8 Å². The molecule has 0 aliphatic carbocycles. The highest BCUT2D eigenvalue weighted by Gasteiger charge is 2.34. The van der Waals surface area contributed by atoms with Crippen molar-refractivity contribution < 1.29 is 30.7 Å². The lowest BCUT2D eigenvalue weighted by Crippen LogP contribution is -2.42. The number of ether oxygens (including phenoxy) is 1. The van der Waals surface area contributed by atoms with Crippen molar-refractivity contribution in [3.8, 4) is 5.75 Å². The maximum atomic E-state index is 12.7. The number of nitrogens with zero attached hydrogens (tertiary/aromatic N) is 1. The number of nitrogens with one attached hydrogen (secondary N) is 1. The Labute approximate surface area is 165 Å². The molecule has 1 aliphatic heterocycles. The van der Waals surface area contributed by atoms with E-state index in [1.807, 2.05) is 11.8 Å². The quantitative estimate of drug-likeness (QED) is 0.719. The number of hydrogen-bond donors (Lipinski definition) is 1. The fourth-order valence-electron chi connectivity index (χ4n) is 2.96. The van der Waals surface area contributed by atoms with Gasteiger partial charge < -0.3 is 9.15 Å². The lowest BCUT2D eigenvalue weighted by molar-refractivity contribution is -0.275. The molecule has 0 unspecified atom stereocenters. The second-order valence-corrected chi connectivity index (χ2v) is 9.03. The van der Waals surface area contributed by atoms with Crippen LogP contribution in [0.2, 0.25) is 0 Å². The Morgan fingerprint density at radius 3 is 2.57 bits per heavy atom. The first-order chi connectivity index (χ1) is 13.3. The largest absolute Gasteiger partial charge is 0.573 e. The van der Waals surface area contributed by atoms with Crippen LogP contribution in [0.15, 0.2) is 52.2 Å². The molecule has 1 aromatic heterocycles. The van der Waals surface area contributed by atoms with Crippen molar-refractivity contribution in [2.24, 2.45) is 0 Å². The normalized spacial score (nSPS) is 17.4. The highest BCUT2D eigenvalue weighted by molar-refractivity contribution is 7.99. The van der Waals surface area contributed by atoms with Crippen molar-refractivity contribution in [3.63, 3.8) is 0 Å². The van der Waals surface area contributed by atoms with Gasteiger partial charge in [0.1, 0.15) is 10.6 Å². The molecular formula is C17H19F3N2O4S2. The number of sulfonamides is 1. The van der Waals surface area contributed by atoms with E-state index in [2.05, 4.69) is 14.4 Å². The van der Waals surface area contributed by atoms with Crippen LogP contribution in [0.1, 0.15) is 11.6 Å². The number of rotatable bonds is 7. The molecule has 11 heteroatoms. The molecule has 1 saturated heterocycles. The van der Waals surface area contributed by atoms with Gasteiger partial charge in [0.05, 0.1) is 18.6 Å². The van der Waals surface area contributed by atoms with Crippen LogP contribution in [0.25, 0.3) is 0 Å². The molecule has 0 bridgehead atoms. The van der Waals surface area contributed by atoms with Gasteiger partial charge in [-0.1, -0.05) is 12.1 Å². The maximum absolute atomic E-state index is 12.7. The van der Waals surface area contributed by atoms with Gasteiger partial charge in [-0.05, 0) is 18.2 Å². The van der Waals surface area contributed by atoms with Gasteiger partial charge in [-0.15, -0.1) is 13.2 Å². The zero-order valence-electron chi connectivity index (χ0n) is 14.7. The first-order valence-electron chi connectivity index (χ1n) is 8.44. The summed E-state index contributed by atoms with van der Waals surface area (Å²) in [7, 11) is -4.23. The summed E-state index contributed by atoms with van der Waals surface area (Å²) in [5.41, 5.74) is 0.800. The Morgan fingerprint density at radius 2 is 1.93 bits per heavy atom. The van der Waals surface area contributed by atoms with Crippen molar-refractivity contribution in [2.75, 3.05) is 31.1 Å². The zero-order chi connectivity index (χ0) is 20.2. The third kappa shape index (κ3) is 5.43. The van der Waals surface area contributed by atoms with E-state index in [0.717, 1.165) is 42.3 Å². The summed E-state index contributed by atoms with van der Waals surface area (Å²) in [6, 6.07) is 6.13. The van der Waals surface area contributed by atoms with Crippen molar-refractivity contribution in [2.45, 2.75) is 17.3 Å². The van der Waals surface area contributed by atoms with Crippen LogP contribution in [0.3, 0.4) is 0 Å². The van der Waals surface area contributed by atoms with Gasteiger partial charge in [-0.25, -0.2) is 13.1 Å². The average molecular weight is 436 g/mol. The molecule has 1 N–H and O–H groups in total. The van der Waals surface area contributed by atoms with Crippen molar-refractivity contribution in [3.05, 3.63) is 48.4 Å². The monoisotopic (exact) mass is 436 g/mol. The molecule has 0 saturated carbocycles. The second-order valence-electron chi connectivity index (χ2n) is 6.07. The van der Waals surface area contributed by atoms with Gasteiger partial charge in [-0.3, -0.25) is 4.90 Å². The molecule has 6 nitrogen and oxygen atoms in total. The van der Waals surface area contributed by atoms with E-state index >= 15 is 0 Å². The number of alkyl halides is 3. The summed E-state index contributed by atoms with van der Waals surface area (Å²) in [5.74, 6) is 1.07. The zero-order valence-corrected chi connectivity index (χ0v) is 16.3. The molecule has 1 atom stereocenters. The van der Waals surface area contributed by atoms with E-state index in [9.17, 15) is 21.6 Å². The van der Waals surface area contributed by atoms with Gasteiger partial charge in [0.25, 0.3) is 0 Å². The fraction of sp³-hybridized carbons (Fsp3) is 0.412. The Kier molecular flexibility index (Phi) is 6.58. The lowest BCUT2D eigenvalue weighted by Gasteiger charge is -2.33. The SMILES string of the molecule is O=S(=O)(NC[C@H](c1ccoc1)N1CCSCC1)c1ccccc1OC(F)(F)F. The third-order valence-corrected chi connectivity index (χ3v) is 6.65. The fourth-order valence-corrected chi connectivity index (χ4v) is 5.06. The molecule has 1 aromatic carbocycles. The summed E-state index contributed by atoms with van der Waals surface area (Å²) >= 11 is 1.81. The summed E-state index contributed by atoms with van der Waals surface area (Å²) in [6.45, 7) is 1.54. The molecule has 0 amide bonds. The van der Waals surface area contributed by atoms with Crippen LogP contribution in [0.4, 0.5) is 13.2 Å². The Balaban J connectivity index is 1.79. The Bertz CT molecular complexity index is 867. The Morgan fingerprint density at radius 1 is 1.21 bits per heavy atom.